The second kappa shape index (κ2) is 8.58. The number of hydrogen-bond acceptors (Lipinski definition) is 8. The molecule has 9 nitrogen and oxygen atoms in total. The molecule has 5 N–H and O–H groups in total. The Hall–Kier alpha value is -3.01. The van der Waals surface area contributed by atoms with Gasteiger partial charge in [-0.2, -0.15) is 5.53 Å². The first-order valence-corrected chi connectivity index (χ1v) is 8.33. The van der Waals surface area contributed by atoms with Gasteiger partial charge >= 0.3 is 0 Å². The van der Waals surface area contributed by atoms with Crippen molar-refractivity contribution >= 4 is 17.3 Å². The van der Waals surface area contributed by atoms with E-state index in [2.05, 4.69) is 27.0 Å². The van der Waals surface area contributed by atoms with Gasteiger partial charge in [-0.3, -0.25) is 4.79 Å². The molecule has 1 saturated heterocycles. The Labute approximate surface area is 157 Å². The van der Waals surface area contributed by atoms with Crippen molar-refractivity contribution in [1.82, 2.24) is 16.4 Å². The first-order chi connectivity index (χ1) is 13.1. The number of benzene rings is 2. The lowest BCUT2D eigenvalue weighted by Gasteiger charge is -2.20. The number of carbonyl (C=O) groups excluding carboxylic acids is 1. The zero-order chi connectivity index (χ0) is 19.2. The van der Waals surface area contributed by atoms with Gasteiger partial charge in [-0.05, 0) is 24.3 Å². The summed E-state index contributed by atoms with van der Waals surface area (Å²) in [5.41, 5.74) is 10.1. The Kier molecular flexibility index (Phi) is 5.97. The van der Waals surface area contributed by atoms with Crippen LogP contribution in [-0.2, 0) is 4.79 Å². The zero-order valence-corrected chi connectivity index (χ0v) is 15.3. The van der Waals surface area contributed by atoms with E-state index in [-0.39, 0.29) is 12.1 Å². The molecule has 144 valence electrons. The van der Waals surface area contributed by atoms with Gasteiger partial charge in [0, 0.05) is 29.6 Å². The topological polar surface area (TPSA) is 105 Å². The van der Waals surface area contributed by atoms with Gasteiger partial charge in [-0.15, -0.1) is 0 Å². The number of anilines is 2. The zero-order valence-electron chi connectivity index (χ0n) is 15.3. The van der Waals surface area contributed by atoms with Gasteiger partial charge in [0.1, 0.15) is 29.5 Å². The minimum Gasteiger partial charge on any atom is -0.497 e. The highest BCUT2D eigenvalue weighted by Gasteiger charge is 2.33. The fraction of sp³-hybridized carbons (Fsp3) is 0.278. The molecular weight excluding hydrogens is 350 g/mol. The number of hydrazine groups is 2. The lowest BCUT2D eigenvalue weighted by atomic mass is 10.2. The highest BCUT2D eigenvalue weighted by atomic mass is 16.5. The van der Waals surface area contributed by atoms with Crippen LogP contribution in [0.25, 0.3) is 0 Å². The molecule has 1 aliphatic heterocycles. The average molecular weight is 373 g/mol. The molecule has 0 saturated carbocycles. The Morgan fingerprint density at radius 2 is 1.48 bits per heavy atom. The quantitative estimate of drug-likeness (QED) is 0.491. The lowest BCUT2D eigenvalue weighted by Crippen LogP contribution is -2.47. The van der Waals surface area contributed by atoms with Gasteiger partial charge in [-0.1, -0.05) is 0 Å². The molecule has 2 aromatic carbocycles. The van der Waals surface area contributed by atoms with Crippen LogP contribution in [0.15, 0.2) is 42.5 Å². The van der Waals surface area contributed by atoms with Gasteiger partial charge in [0.25, 0.3) is 0 Å². The number of amides is 1. The number of methoxy groups -OCH3 is 3. The largest absolute Gasteiger partial charge is 0.497 e. The molecule has 0 aromatic heterocycles. The van der Waals surface area contributed by atoms with E-state index < -0.39 is 6.04 Å². The maximum atomic E-state index is 12.7. The summed E-state index contributed by atoms with van der Waals surface area (Å²) in [6.07, 6.45) is -0.370. The highest BCUT2D eigenvalue weighted by Crippen LogP contribution is 2.26. The molecule has 27 heavy (non-hydrogen) atoms. The van der Waals surface area contributed by atoms with E-state index in [1.165, 1.54) is 0 Å². The second-order valence-corrected chi connectivity index (χ2v) is 5.83. The number of carbonyl (C=O) groups is 1. The minimum absolute atomic E-state index is 0.228. The average Bonchev–Trinajstić information content (AvgIpc) is 3.16. The molecule has 0 radical (unpaired) electrons. The number of ether oxygens (including phenoxy) is 3. The van der Waals surface area contributed by atoms with Crippen LogP contribution in [0.3, 0.4) is 0 Å². The third-order valence-electron chi connectivity index (χ3n) is 4.10. The van der Waals surface area contributed by atoms with Crippen molar-refractivity contribution in [3.05, 3.63) is 42.5 Å². The predicted octanol–water partition coefficient (Wildman–Crippen LogP) is 1.07. The van der Waals surface area contributed by atoms with Crippen molar-refractivity contribution < 1.29 is 19.0 Å². The maximum absolute atomic E-state index is 12.7. The molecule has 0 spiro atoms. The molecule has 3 rings (SSSR count). The van der Waals surface area contributed by atoms with Crippen LogP contribution in [0.2, 0.25) is 0 Å². The molecule has 1 heterocycles. The molecule has 0 aliphatic carbocycles. The van der Waals surface area contributed by atoms with Crippen LogP contribution in [0.5, 0.6) is 17.2 Å². The van der Waals surface area contributed by atoms with Crippen molar-refractivity contribution in [3.63, 3.8) is 0 Å². The molecule has 1 aliphatic rings. The lowest BCUT2D eigenvalue weighted by molar-refractivity contribution is -0.118. The highest BCUT2D eigenvalue weighted by molar-refractivity contribution is 5.96. The Bertz CT molecular complexity index is 762. The van der Waals surface area contributed by atoms with Gasteiger partial charge < -0.3 is 24.8 Å². The molecule has 1 fully saturated rings. The SMILES string of the molecule is COc1ccc(NC2NNNC2C(=O)Nc2cc(OC)cc(OC)c2)cc1. The summed E-state index contributed by atoms with van der Waals surface area (Å²) in [5, 5.41) is 6.12. The normalized spacial score (nSPS) is 18.6. The van der Waals surface area contributed by atoms with Crippen LogP contribution in [0.4, 0.5) is 11.4 Å². The fourth-order valence-corrected chi connectivity index (χ4v) is 2.67. The molecular formula is C18H23N5O4. The van der Waals surface area contributed by atoms with E-state index in [1.807, 2.05) is 24.3 Å². The van der Waals surface area contributed by atoms with Gasteiger partial charge in [-0.25, -0.2) is 10.9 Å². The van der Waals surface area contributed by atoms with Crippen molar-refractivity contribution in [2.75, 3.05) is 32.0 Å². The number of nitrogens with one attached hydrogen (secondary N) is 5. The number of rotatable bonds is 7. The second-order valence-electron chi connectivity index (χ2n) is 5.83. The van der Waals surface area contributed by atoms with Crippen molar-refractivity contribution in [2.45, 2.75) is 12.2 Å². The third-order valence-corrected chi connectivity index (χ3v) is 4.10. The van der Waals surface area contributed by atoms with Crippen LogP contribution in [0, 0.1) is 0 Å². The van der Waals surface area contributed by atoms with Crippen LogP contribution in [-0.4, -0.2) is 39.4 Å². The van der Waals surface area contributed by atoms with E-state index >= 15 is 0 Å². The first-order valence-electron chi connectivity index (χ1n) is 8.33. The standard InChI is InChI=1S/C18H23N5O4/c1-25-13-6-4-11(5-7-13)19-17-16(21-23-22-17)18(24)20-12-8-14(26-2)10-15(9-12)27-3/h4-10,16-17,19,21-23H,1-3H3,(H,20,24). The van der Waals surface area contributed by atoms with E-state index in [9.17, 15) is 4.79 Å². The molecule has 2 atom stereocenters. The van der Waals surface area contributed by atoms with Gasteiger partial charge in [0.2, 0.25) is 5.91 Å². The van der Waals surface area contributed by atoms with Crippen LogP contribution < -0.4 is 41.2 Å². The molecule has 0 bridgehead atoms. The van der Waals surface area contributed by atoms with Gasteiger partial charge in [0.15, 0.2) is 0 Å². The smallest absolute Gasteiger partial charge is 0.246 e. The first kappa shape index (κ1) is 18.8. The van der Waals surface area contributed by atoms with Crippen molar-refractivity contribution in [2.24, 2.45) is 0 Å². The summed E-state index contributed by atoms with van der Waals surface area (Å²) in [6, 6.07) is 12.1. The predicted molar refractivity (Wildman–Crippen MR) is 102 cm³/mol. The summed E-state index contributed by atoms with van der Waals surface area (Å²) in [6.45, 7) is 0. The van der Waals surface area contributed by atoms with E-state index in [0.29, 0.717) is 17.2 Å². The Morgan fingerprint density at radius 3 is 2.07 bits per heavy atom. The van der Waals surface area contributed by atoms with E-state index in [4.69, 9.17) is 14.2 Å². The summed E-state index contributed by atoms with van der Waals surface area (Å²) in [5.74, 6) is 1.72. The monoisotopic (exact) mass is 373 g/mol. The molecule has 2 unspecified atom stereocenters. The van der Waals surface area contributed by atoms with E-state index in [0.717, 1.165) is 11.4 Å². The summed E-state index contributed by atoms with van der Waals surface area (Å²) < 4.78 is 15.6. The van der Waals surface area contributed by atoms with Crippen LogP contribution in [0.1, 0.15) is 0 Å². The molecule has 9 heteroatoms. The fourth-order valence-electron chi connectivity index (χ4n) is 2.67. The van der Waals surface area contributed by atoms with Gasteiger partial charge in [0.05, 0.1) is 21.3 Å². The summed E-state index contributed by atoms with van der Waals surface area (Å²) in [7, 11) is 4.73. The molecule has 2 aromatic rings. The third kappa shape index (κ3) is 4.59. The van der Waals surface area contributed by atoms with E-state index in [1.54, 1.807) is 39.5 Å². The Balaban J connectivity index is 1.68. The maximum Gasteiger partial charge on any atom is 0.246 e. The minimum atomic E-state index is -0.565. The van der Waals surface area contributed by atoms with Crippen molar-refractivity contribution in [3.8, 4) is 17.2 Å². The van der Waals surface area contributed by atoms with Crippen LogP contribution >= 0.6 is 0 Å². The summed E-state index contributed by atoms with van der Waals surface area (Å²) in [4.78, 5) is 12.7. The molecule has 1 amide bonds. The van der Waals surface area contributed by atoms with Crippen molar-refractivity contribution in [1.29, 1.82) is 0 Å². The number of hydrogen-bond donors (Lipinski definition) is 5. The summed E-state index contributed by atoms with van der Waals surface area (Å²) >= 11 is 0. The Morgan fingerprint density at radius 1 is 0.852 bits per heavy atom.